The lowest BCUT2D eigenvalue weighted by atomic mass is 10.3. The largest absolute Gasteiger partial charge is 0.358 e. The molecule has 4 heteroatoms. The van der Waals surface area contributed by atoms with Gasteiger partial charge in [0.2, 0.25) is 0 Å². The molecule has 0 unspecified atom stereocenters. The van der Waals surface area contributed by atoms with Gasteiger partial charge >= 0.3 is 0 Å². The SMILES string of the molecule is Cc1ccc(N(C)CCN(C)I)nc1. The number of likely N-dealkylation sites (N-methyl/N-ethyl adjacent to an activating group) is 2. The Bertz CT molecular complexity index is 271. The van der Waals surface area contributed by atoms with Gasteiger partial charge in [-0.1, -0.05) is 6.07 Å². The molecule has 1 heterocycles. The van der Waals surface area contributed by atoms with E-state index in [1.165, 1.54) is 5.56 Å². The van der Waals surface area contributed by atoms with Gasteiger partial charge in [0.25, 0.3) is 0 Å². The minimum absolute atomic E-state index is 0.996. The van der Waals surface area contributed by atoms with Gasteiger partial charge < -0.3 is 4.90 Å². The highest BCUT2D eigenvalue weighted by Crippen LogP contribution is 2.08. The molecule has 0 aliphatic heterocycles. The summed E-state index contributed by atoms with van der Waals surface area (Å²) in [6, 6.07) is 4.15. The van der Waals surface area contributed by atoms with Crippen LogP contribution in [0.25, 0.3) is 0 Å². The lowest BCUT2D eigenvalue weighted by Gasteiger charge is -2.19. The molecule has 1 rings (SSSR count). The Labute approximate surface area is 99.6 Å². The van der Waals surface area contributed by atoms with E-state index in [0.717, 1.165) is 18.9 Å². The summed E-state index contributed by atoms with van der Waals surface area (Å²) in [5.74, 6) is 1.04. The lowest BCUT2D eigenvalue weighted by Crippen LogP contribution is -2.26. The predicted octanol–water partition coefficient (Wildman–Crippen LogP) is 2.11. The Kier molecular flexibility index (Phi) is 4.60. The third kappa shape index (κ3) is 3.79. The van der Waals surface area contributed by atoms with E-state index in [9.17, 15) is 0 Å². The fourth-order valence-electron chi connectivity index (χ4n) is 1.09. The van der Waals surface area contributed by atoms with Crippen LogP contribution in [0.2, 0.25) is 0 Å². The molecule has 0 aliphatic carbocycles. The highest BCUT2D eigenvalue weighted by atomic mass is 127. The Balaban J connectivity index is 2.52. The van der Waals surface area contributed by atoms with Crippen molar-refractivity contribution in [3.63, 3.8) is 0 Å². The molecule has 14 heavy (non-hydrogen) atoms. The molecule has 0 saturated carbocycles. The molecule has 0 spiro atoms. The average Bonchev–Trinajstić information content (AvgIpc) is 2.15. The molecule has 0 fully saturated rings. The van der Waals surface area contributed by atoms with E-state index in [-0.39, 0.29) is 0 Å². The first-order valence-electron chi connectivity index (χ1n) is 4.60. The molecule has 1 aromatic heterocycles. The van der Waals surface area contributed by atoms with E-state index >= 15 is 0 Å². The van der Waals surface area contributed by atoms with Crippen molar-refractivity contribution in [1.29, 1.82) is 0 Å². The van der Waals surface area contributed by atoms with E-state index < -0.39 is 0 Å². The van der Waals surface area contributed by atoms with E-state index in [0.29, 0.717) is 0 Å². The smallest absolute Gasteiger partial charge is 0.128 e. The first kappa shape index (κ1) is 11.7. The Morgan fingerprint density at radius 2 is 2.00 bits per heavy atom. The summed E-state index contributed by atoms with van der Waals surface area (Å²) in [6.07, 6.45) is 1.90. The summed E-state index contributed by atoms with van der Waals surface area (Å²) >= 11 is 2.29. The van der Waals surface area contributed by atoms with Gasteiger partial charge in [0.05, 0.1) is 0 Å². The van der Waals surface area contributed by atoms with Gasteiger partial charge in [-0.3, -0.25) is 0 Å². The maximum absolute atomic E-state index is 4.36. The van der Waals surface area contributed by atoms with Gasteiger partial charge in [0, 0.05) is 49.2 Å². The normalized spacial score (nSPS) is 10.6. The second kappa shape index (κ2) is 5.50. The first-order valence-corrected chi connectivity index (χ1v) is 5.57. The van der Waals surface area contributed by atoms with Crippen LogP contribution < -0.4 is 4.90 Å². The molecule has 0 bridgehead atoms. The predicted molar refractivity (Wildman–Crippen MR) is 68.9 cm³/mol. The number of anilines is 1. The van der Waals surface area contributed by atoms with Gasteiger partial charge in [0.1, 0.15) is 5.82 Å². The molecule has 0 amide bonds. The maximum atomic E-state index is 4.36. The van der Waals surface area contributed by atoms with Crippen molar-refractivity contribution in [3.8, 4) is 0 Å². The summed E-state index contributed by atoms with van der Waals surface area (Å²) in [6.45, 7) is 4.08. The van der Waals surface area contributed by atoms with E-state index in [4.69, 9.17) is 0 Å². The zero-order valence-corrected chi connectivity index (χ0v) is 11.0. The van der Waals surface area contributed by atoms with Gasteiger partial charge in [-0.25, -0.2) is 8.10 Å². The molecule has 0 saturated heterocycles. The number of nitrogens with zero attached hydrogens (tertiary/aromatic N) is 3. The zero-order chi connectivity index (χ0) is 10.6. The first-order chi connectivity index (χ1) is 6.59. The average molecular weight is 305 g/mol. The zero-order valence-electron chi connectivity index (χ0n) is 8.87. The minimum Gasteiger partial charge on any atom is -0.358 e. The van der Waals surface area contributed by atoms with Crippen molar-refractivity contribution in [2.24, 2.45) is 0 Å². The van der Waals surface area contributed by atoms with E-state index in [2.05, 4.69) is 69.0 Å². The Hall–Kier alpha value is -0.360. The summed E-state index contributed by atoms with van der Waals surface area (Å²) in [7, 11) is 4.13. The van der Waals surface area contributed by atoms with Crippen molar-refractivity contribution in [2.45, 2.75) is 6.92 Å². The summed E-state index contributed by atoms with van der Waals surface area (Å²) < 4.78 is 2.14. The third-order valence-corrected chi connectivity index (χ3v) is 2.51. The number of hydrogen-bond donors (Lipinski definition) is 0. The van der Waals surface area contributed by atoms with Crippen LogP contribution in [0.15, 0.2) is 18.3 Å². The van der Waals surface area contributed by atoms with Crippen LogP contribution in [0.4, 0.5) is 5.82 Å². The molecular formula is C10H16IN3. The van der Waals surface area contributed by atoms with Crippen LogP contribution in [0.5, 0.6) is 0 Å². The maximum Gasteiger partial charge on any atom is 0.128 e. The molecule has 78 valence electrons. The van der Waals surface area contributed by atoms with Crippen molar-refractivity contribution in [1.82, 2.24) is 8.10 Å². The van der Waals surface area contributed by atoms with E-state index in [1.54, 1.807) is 0 Å². The molecule has 1 aromatic rings. The van der Waals surface area contributed by atoms with E-state index in [1.807, 2.05) is 6.20 Å². The molecule has 0 atom stereocenters. The number of rotatable bonds is 4. The monoisotopic (exact) mass is 305 g/mol. The quantitative estimate of drug-likeness (QED) is 0.627. The second-order valence-electron chi connectivity index (χ2n) is 3.44. The second-order valence-corrected chi connectivity index (χ2v) is 5.09. The number of pyridine rings is 1. The Morgan fingerprint density at radius 1 is 1.29 bits per heavy atom. The summed E-state index contributed by atoms with van der Waals surface area (Å²) in [4.78, 5) is 6.52. The summed E-state index contributed by atoms with van der Waals surface area (Å²) in [5.41, 5.74) is 1.20. The fourth-order valence-corrected chi connectivity index (χ4v) is 1.30. The van der Waals surface area contributed by atoms with Gasteiger partial charge in [-0.05, 0) is 25.6 Å². The molecule has 3 nitrogen and oxygen atoms in total. The van der Waals surface area contributed by atoms with Crippen molar-refractivity contribution >= 4 is 28.7 Å². The molecule has 0 radical (unpaired) electrons. The molecule has 0 aliphatic rings. The van der Waals surface area contributed by atoms with Gasteiger partial charge in [-0.15, -0.1) is 0 Å². The van der Waals surface area contributed by atoms with Crippen LogP contribution in [-0.2, 0) is 0 Å². The molecular weight excluding hydrogens is 289 g/mol. The molecule has 0 N–H and O–H groups in total. The van der Waals surface area contributed by atoms with Crippen LogP contribution >= 0.6 is 22.9 Å². The fraction of sp³-hybridized carbons (Fsp3) is 0.500. The number of aromatic nitrogens is 1. The standard InChI is InChI=1S/C10H16IN3/c1-9-4-5-10(12-8-9)13(2)6-7-14(3)11/h4-5,8H,6-7H2,1-3H3. The number of aryl methyl sites for hydroxylation is 1. The van der Waals surface area contributed by atoms with Gasteiger partial charge in [-0.2, -0.15) is 0 Å². The molecule has 0 aromatic carbocycles. The summed E-state index contributed by atoms with van der Waals surface area (Å²) in [5, 5.41) is 0. The highest BCUT2D eigenvalue weighted by Gasteiger charge is 2.01. The number of hydrogen-bond acceptors (Lipinski definition) is 3. The van der Waals surface area contributed by atoms with Crippen molar-refractivity contribution < 1.29 is 0 Å². The van der Waals surface area contributed by atoms with Crippen LogP contribution in [0.3, 0.4) is 0 Å². The third-order valence-electron chi connectivity index (χ3n) is 2.03. The van der Waals surface area contributed by atoms with Crippen LogP contribution in [0.1, 0.15) is 5.56 Å². The topological polar surface area (TPSA) is 19.4 Å². The lowest BCUT2D eigenvalue weighted by molar-refractivity contribution is 0.606. The van der Waals surface area contributed by atoms with Crippen molar-refractivity contribution in [3.05, 3.63) is 23.9 Å². The Morgan fingerprint density at radius 3 is 2.50 bits per heavy atom. The number of halogens is 1. The van der Waals surface area contributed by atoms with Gasteiger partial charge in [0.15, 0.2) is 0 Å². The van der Waals surface area contributed by atoms with Crippen LogP contribution in [0, 0.1) is 6.92 Å². The highest BCUT2D eigenvalue weighted by molar-refractivity contribution is 14.1. The minimum atomic E-state index is 0.996. The van der Waals surface area contributed by atoms with Crippen molar-refractivity contribution in [2.75, 3.05) is 32.1 Å². The van der Waals surface area contributed by atoms with Crippen LogP contribution in [-0.4, -0.2) is 35.3 Å².